The van der Waals surface area contributed by atoms with E-state index in [9.17, 15) is 9.90 Å². The number of hydrogen-bond donors (Lipinski definition) is 1. The third-order valence-electron chi connectivity index (χ3n) is 1.77. The van der Waals surface area contributed by atoms with Gasteiger partial charge in [-0.1, -0.05) is 36.4 Å². The smallest absolute Gasteiger partial charge is 0.126 e. The molecule has 0 aromatic heterocycles. The fourth-order valence-corrected chi connectivity index (χ4v) is 1.23. The summed E-state index contributed by atoms with van der Waals surface area (Å²) >= 11 is 0. The summed E-state index contributed by atoms with van der Waals surface area (Å²) in [7, 11) is 0. The van der Waals surface area contributed by atoms with Gasteiger partial charge in [-0.3, -0.25) is 0 Å². The lowest BCUT2D eigenvalue weighted by Gasteiger charge is -2.00. The zero-order valence-corrected chi connectivity index (χ0v) is 8.40. The van der Waals surface area contributed by atoms with Gasteiger partial charge in [-0.25, -0.2) is 0 Å². The molecule has 0 saturated carbocycles. The zero-order valence-electron chi connectivity index (χ0n) is 8.40. The minimum atomic E-state index is -0.379. The van der Waals surface area contributed by atoms with Gasteiger partial charge in [0.15, 0.2) is 0 Å². The van der Waals surface area contributed by atoms with Crippen LogP contribution in [0.2, 0.25) is 0 Å². The van der Waals surface area contributed by atoms with Crippen molar-refractivity contribution in [1.29, 1.82) is 0 Å². The first kappa shape index (κ1) is 10.7. The molecule has 14 heavy (non-hydrogen) atoms. The SMILES string of the molecule is CC(C)=O.OC1C=Cc2ccccc21. The quantitative estimate of drug-likeness (QED) is 0.681. The van der Waals surface area contributed by atoms with Gasteiger partial charge < -0.3 is 9.90 Å². The van der Waals surface area contributed by atoms with Gasteiger partial charge in [-0.05, 0) is 25.0 Å². The molecule has 2 nitrogen and oxygen atoms in total. The van der Waals surface area contributed by atoms with Crippen molar-refractivity contribution in [3.63, 3.8) is 0 Å². The average molecular weight is 190 g/mol. The van der Waals surface area contributed by atoms with Crippen LogP contribution in [0.15, 0.2) is 30.3 Å². The Bertz CT molecular complexity index is 349. The van der Waals surface area contributed by atoms with E-state index in [1.54, 1.807) is 6.08 Å². The highest BCUT2D eigenvalue weighted by Gasteiger charge is 2.11. The van der Waals surface area contributed by atoms with Crippen LogP contribution in [0, 0.1) is 0 Å². The first-order valence-corrected chi connectivity index (χ1v) is 4.53. The van der Waals surface area contributed by atoms with Crippen molar-refractivity contribution in [2.75, 3.05) is 0 Å². The Morgan fingerprint density at radius 2 is 1.86 bits per heavy atom. The molecule has 0 spiro atoms. The second kappa shape index (κ2) is 4.72. The Hall–Kier alpha value is -1.41. The topological polar surface area (TPSA) is 37.3 Å². The van der Waals surface area contributed by atoms with Crippen molar-refractivity contribution in [3.8, 4) is 0 Å². The number of aliphatic hydroxyl groups is 1. The second-order valence-electron chi connectivity index (χ2n) is 3.34. The molecule has 0 aliphatic heterocycles. The van der Waals surface area contributed by atoms with Crippen molar-refractivity contribution in [2.45, 2.75) is 20.0 Å². The third kappa shape index (κ3) is 2.82. The van der Waals surface area contributed by atoms with Crippen LogP contribution in [0.3, 0.4) is 0 Å². The van der Waals surface area contributed by atoms with Gasteiger partial charge in [0, 0.05) is 0 Å². The normalized spacial score (nSPS) is 16.9. The number of carbonyl (C=O) groups is 1. The van der Waals surface area contributed by atoms with Crippen LogP contribution in [0.4, 0.5) is 0 Å². The molecule has 0 bridgehead atoms. The lowest BCUT2D eigenvalue weighted by Crippen LogP contribution is -1.88. The molecule has 0 fully saturated rings. The summed E-state index contributed by atoms with van der Waals surface area (Å²) in [6.45, 7) is 3.06. The van der Waals surface area contributed by atoms with E-state index in [-0.39, 0.29) is 11.9 Å². The summed E-state index contributed by atoms with van der Waals surface area (Å²) in [5.41, 5.74) is 2.15. The molecule has 1 aromatic rings. The molecule has 0 radical (unpaired) electrons. The van der Waals surface area contributed by atoms with E-state index >= 15 is 0 Å². The Morgan fingerprint density at radius 3 is 2.43 bits per heavy atom. The van der Waals surface area contributed by atoms with E-state index in [4.69, 9.17) is 0 Å². The number of benzene rings is 1. The molecule has 74 valence electrons. The third-order valence-corrected chi connectivity index (χ3v) is 1.77. The van der Waals surface area contributed by atoms with Crippen molar-refractivity contribution in [3.05, 3.63) is 41.5 Å². The van der Waals surface area contributed by atoms with Crippen LogP contribution in [-0.2, 0) is 4.79 Å². The standard InChI is InChI=1S/C9H8O.C3H6O/c10-9-6-5-7-3-1-2-4-8(7)9;1-3(2)4/h1-6,9-10H;1-2H3. The van der Waals surface area contributed by atoms with E-state index in [0.717, 1.165) is 11.1 Å². The van der Waals surface area contributed by atoms with Crippen LogP contribution in [-0.4, -0.2) is 10.9 Å². The van der Waals surface area contributed by atoms with Crippen LogP contribution >= 0.6 is 0 Å². The molecule has 1 aromatic carbocycles. The van der Waals surface area contributed by atoms with E-state index < -0.39 is 0 Å². The molecular weight excluding hydrogens is 176 g/mol. The van der Waals surface area contributed by atoms with E-state index in [2.05, 4.69) is 0 Å². The highest BCUT2D eigenvalue weighted by atomic mass is 16.3. The molecule has 1 atom stereocenters. The summed E-state index contributed by atoms with van der Waals surface area (Å²) in [5.74, 6) is 0.167. The summed E-state index contributed by atoms with van der Waals surface area (Å²) < 4.78 is 0. The largest absolute Gasteiger partial charge is 0.384 e. The number of ketones is 1. The Balaban J connectivity index is 0.000000213. The van der Waals surface area contributed by atoms with Crippen LogP contribution < -0.4 is 0 Å². The maximum atomic E-state index is 9.44. The van der Waals surface area contributed by atoms with Gasteiger partial charge in [0.25, 0.3) is 0 Å². The number of hydrogen-bond acceptors (Lipinski definition) is 2. The monoisotopic (exact) mass is 190 g/mol. The van der Waals surface area contributed by atoms with E-state index in [1.165, 1.54) is 13.8 Å². The second-order valence-corrected chi connectivity index (χ2v) is 3.34. The maximum absolute atomic E-state index is 9.44. The van der Waals surface area contributed by atoms with Crippen LogP contribution in [0.5, 0.6) is 0 Å². The number of fused-ring (bicyclic) bond motifs is 1. The first-order chi connectivity index (χ1) is 6.61. The molecule has 1 unspecified atom stereocenters. The van der Waals surface area contributed by atoms with Gasteiger partial charge >= 0.3 is 0 Å². The number of carbonyl (C=O) groups excluding carboxylic acids is 1. The number of Topliss-reactive ketones (excluding diaryl/α,β-unsaturated/α-hetero) is 1. The maximum Gasteiger partial charge on any atom is 0.126 e. The molecule has 0 heterocycles. The summed E-state index contributed by atoms with van der Waals surface area (Å²) in [6.07, 6.45) is 3.36. The van der Waals surface area contributed by atoms with Crippen molar-refractivity contribution in [1.82, 2.24) is 0 Å². The molecule has 1 N–H and O–H groups in total. The minimum absolute atomic E-state index is 0.167. The fourth-order valence-electron chi connectivity index (χ4n) is 1.23. The van der Waals surface area contributed by atoms with Crippen LogP contribution in [0.25, 0.3) is 6.08 Å². The van der Waals surface area contributed by atoms with Crippen LogP contribution in [0.1, 0.15) is 31.1 Å². The number of aliphatic hydroxyl groups excluding tert-OH is 1. The Labute approximate surface area is 83.9 Å². The molecule has 1 aliphatic carbocycles. The van der Waals surface area contributed by atoms with E-state index in [1.807, 2.05) is 30.3 Å². The van der Waals surface area contributed by atoms with Gasteiger partial charge in [0.05, 0.1) is 6.10 Å². The van der Waals surface area contributed by atoms with Gasteiger partial charge in [0.2, 0.25) is 0 Å². The average Bonchev–Trinajstić information content (AvgIpc) is 2.48. The van der Waals surface area contributed by atoms with Gasteiger partial charge in [0.1, 0.15) is 5.78 Å². The predicted molar refractivity (Wildman–Crippen MR) is 56.8 cm³/mol. The minimum Gasteiger partial charge on any atom is -0.384 e. The summed E-state index contributed by atoms with van der Waals surface area (Å²) in [6, 6.07) is 7.86. The van der Waals surface area contributed by atoms with Gasteiger partial charge in [-0.2, -0.15) is 0 Å². The molecule has 0 saturated heterocycles. The lowest BCUT2D eigenvalue weighted by molar-refractivity contribution is -0.114. The Morgan fingerprint density at radius 1 is 1.29 bits per heavy atom. The fraction of sp³-hybridized carbons (Fsp3) is 0.250. The van der Waals surface area contributed by atoms with E-state index in [0.29, 0.717) is 0 Å². The van der Waals surface area contributed by atoms with Crippen molar-refractivity contribution >= 4 is 11.9 Å². The zero-order chi connectivity index (χ0) is 10.6. The lowest BCUT2D eigenvalue weighted by atomic mass is 10.1. The molecular formula is C12H14O2. The predicted octanol–water partition coefficient (Wildman–Crippen LogP) is 2.34. The first-order valence-electron chi connectivity index (χ1n) is 4.53. The Kier molecular flexibility index (Phi) is 3.60. The molecule has 1 aliphatic rings. The molecule has 2 heteroatoms. The summed E-state index contributed by atoms with van der Waals surface area (Å²) in [5, 5.41) is 9.29. The highest BCUT2D eigenvalue weighted by molar-refractivity contribution is 5.72. The van der Waals surface area contributed by atoms with Crippen molar-refractivity contribution in [2.24, 2.45) is 0 Å². The van der Waals surface area contributed by atoms with Gasteiger partial charge in [-0.15, -0.1) is 0 Å². The molecule has 0 amide bonds. The highest BCUT2D eigenvalue weighted by Crippen LogP contribution is 2.26. The molecule has 2 rings (SSSR count). The van der Waals surface area contributed by atoms with Crippen molar-refractivity contribution < 1.29 is 9.90 Å². The number of rotatable bonds is 0. The summed E-state index contributed by atoms with van der Waals surface area (Å²) in [4.78, 5) is 9.44.